The zero-order valence-electron chi connectivity index (χ0n) is 7.47. The molecule has 3 nitrogen and oxygen atoms in total. The third-order valence-electron chi connectivity index (χ3n) is 1.60. The molecule has 0 saturated heterocycles. The first-order chi connectivity index (χ1) is 5.72. The Morgan fingerprint density at radius 3 is 2.92 bits per heavy atom. The fourth-order valence-electron chi connectivity index (χ4n) is 0.683. The fourth-order valence-corrected chi connectivity index (χ4v) is 0.683. The quantitative estimate of drug-likeness (QED) is 0.452. The summed E-state index contributed by atoms with van der Waals surface area (Å²) in [7, 11) is 0. The highest BCUT2D eigenvalue weighted by Crippen LogP contribution is 1.91. The van der Waals surface area contributed by atoms with E-state index in [1.165, 1.54) is 0 Å². The van der Waals surface area contributed by atoms with E-state index in [1.54, 1.807) is 6.92 Å². The Kier molecular flexibility index (Phi) is 6.12. The molecule has 0 heterocycles. The van der Waals surface area contributed by atoms with Crippen molar-refractivity contribution >= 4 is 5.91 Å². The van der Waals surface area contributed by atoms with Gasteiger partial charge in [0.15, 0.2) is 0 Å². The molecule has 1 unspecified atom stereocenters. The highest BCUT2D eigenvalue weighted by atomic mass is 16.1. The molecule has 12 heavy (non-hydrogen) atoms. The zero-order valence-corrected chi connectivity index (χ0v) is 7.47. The van der Waals surface area contributed by atoms with Gasteiger partial charge in [0.2, 0.25) is 5.91 Å². The Hall–Kier alpha value is -1.01. The molecule has 0 aliphatic carbocycles. The van der Waals surface area contributed by atoms with Crippen molar-refractivity contribution in [1.29, 1.82) is 0 Å². The Balaban J connectivity index is 3.39. The summed E-state index contributed by atoms with van der Waals surface area (Å²) in [5.74, 6) is 2.42. The van der Waals surface area contributed by atoms with Gasteiger partial charge in [-0.1, -0.05) is 6.92 Å². The maximum atomic E-state index is 11.1. The summed E-state index contributed by atoms with van der Waals surface area (Å²) < 4.78 is 0. The second-order valence-corrected chi connectivity index (χ2v) is 2.74. The van der Waals surface area contributed by atoms with Crippen LogP contribution in [0.1, 0.15) is 19.8 Å². The molecular weight excluding hydrogens is 152 g/mol. The minimum absolute atomic E-state index is 0.00882. The first-order valence-electron chi connectivity index (χ1n) is 4.13. The number of unbranched alkanes of at least 4 members (excludes halogenated alkanes) is 1. The summed E-state index contributed by atoms with van der Waals surface area (Å²) in [6.45, 7) is 2.84. The lowest BCUT2D eigenvalue weighted by atomic mass is 10.1. The van der Waals surface area contributed by atoms with Crippen LogP contribution in [0.25, 0.3) is 0 Å². The number of terminal acetylenes is 1. The lowest BCUT2D eigenvalue weighted by molar-refractivity contribution is -0.124. The Morgan fingerprint density at radius 2 is 2.42 bits per heavy atom. The van der Waals surface area contributed by atoms with Crippen LogP contribution >= 0.6 is 0 Å². The van der Waals surface area contributed by atoms with Crippen LogP contribution in [-0.2, 0) is 4.79 Å². The van der Waals surface area contributed by atoms with Crippen molar-refractivity contribution < 1.29 is 4.79 Å². The monoisotopic (exact) mass is 168 g/mol. The van der Waals surface area contributed by atoms with E-state index in [0.29, 0.717) is 19.5 Å². The van der Waals surface area contributed by atoms with E-state index in [0.717, 1.165) is 6.42 Å². The van der Waals surface area contributed by atoms with Gasteiger partial charge in [-0.25, -0.2) is 0 Å². The molecule has 0 bridgehead atoms. The molecule has 1 amide bonds. The van der Waals surface area contributed by atoms with Crippen LogP contribution in [0.5, 0.6) is 0 Å². The Bertz CT molecular complexity index is 172. The molecule has 0 saturated carbocycles. The number of rotatable bonds is 5. The molecule has 68 valence electrons. The number of hydrogen-bond donors (Lipinski definition) is 2. The summed E-state index contributed by atoms with van der Waals surface area (Å²) in [5, 5.41) is 2.75. The van der Waals surface area contributed by atoms with Crippen LogP contribution in [0.2, 0.25) is 0 Å². The van der Waals surface area contributed by atoms with Crippen LogP contribution in [0.4, 0.5) is 0 Å². The molecule has 0 radical (unpaired) electrons. The van der Waals surface area contributed by atoms with Gasteiger partial charge in [0, 0.05) is 25.4 Å². The molecule has 3 N–H and O–H groups in total. The van der Waals surface area contributed by atoms with Gasteiger partial charge < -0.3 is 11.1 Å². The van der Waals surface area contributed by atoms with Gasteiger partial charge >= 0.3 is 0 Å². The summed E-state index contributed by atoms with van der Waals surface area (Å²) >= 11 is 0. The van der Waals surface area contributed by atoms with Crippen molar-refractivity contribution in [2.24, 2.45) is 11.7 Å². The van der Waals surface area contributed by atoms with E-state index in [2.05, 4.69) is 11.2 Å². The predicted molar refractivity (Wildman–Crippen MR) is 49.3 cm³/mol. The van der Waals surface area contributed by atoms with Crippen molar-refractivity contribution in [2.45, 2.75) is 19.8 Å². The van der Waals surface area contributed by atoms with Gasteiger partial charge in [-0.2, -0.15) is 0 Å². The highest BCUT2D eigenvalue weighted by Gasteiger charge is 2.08. The fraction of sp³-hybridized carbons (Fsp3) is 0.667. The van der Waals surface area contributed by atoms with Crippen LogP contribution in [0.15, 0.2) is 0 Å². The van der Waals surface area contributed by atoms with Gasteiger partial charge in [0.1, 0.15) is 0 Å². The second-order valence-electron chi connectivity index (χ2n) is 2.74. The van der Waals surface area contributed by atoms with Crippen LogP contribution < -0.4 is 11.1 Å². The number of nitrogens with one attached hydrogen (secondary N) is 1. The number of carbonyl (C=O) groups is 1. The van der Waals surface area contributed by atoms with Crippen molar-refractivity contribution in [3.63, 3.8) is 0 Å². The van der Waals surface area contributed by atoms with Gasteiger partial charge in [-0.05, 0) is 6.42 Å². The van der Waals surface area contributed by atoms with E-state index >= 15 is 0 Å². The number of amides is 1. The summed E-state index contributed by atoms with van der Waals surface area (Å²) in [5.41, 5.74) is 5.31. The molecule has 3 heteroatoms. The van der Waals surface area contributed by atoms with Crippen molar-refractivity contribution in [1.82, 2.24) is 5.32 Å². The van der Waals surface area contributed by atoms with Crippen LogP contribution in [0.3, 0.4) is 0 Å². The van der Waals surface area contributed by atoms with Crippen molar-refractivity contribution in [3.05, 3.63) is 0 Å². The average molecular weight is 168 g/mol. The largest absolute Gasteiger partial charge is 0.356 e. The maximum Gasteiger partial charge on any atom is 0.224 e. The molecular formula is C9H16N2O. The molecule has 0 aromatic rings. The second kappa shape index (κ2) is 6.68. The van der Waals surface area contributed by atoms with E-state index < -0.39 is 0 Å². The normalized spacial score (nSPS) is 11.8. The Labute approximate surface area is 73.7 Å². The zero-order chi connectivity index (χ0) is 9.40. The summed E-state index contributed by atoms with van der Waals surface area (Å²) in [6, 6.07) is 0. The minimum Gasteiger partial charge on any atom is -0.356 e. The molecule has 0 fully saturated rings. The molecule has 0 aromatic carbocycles. The molecule has 0 spiro atoms. The highest BCUT2D eigenvalue weighted by molar-refractivity contribution is 5.78. The van der Waals surface area contributed by atoms with Crippen molar-refractivity contribution in [3.8, 4) is 12.3 Å². The van der Waals surface area contributed by atoms with Gasteiger partial charge in [0.25, 0.3) is 0 Å². The SMILES string of the molecule is C#CCCCNC(=O)C(C)CN. The first-order valence-corrected chi connectivity index (χ1v) is 4.13. The maximum absolute atomic E-state index is 11.1. The lowest BCUT2D eigenvalue weighted by Gasteiger charge is -2.08. The number of nitrogens with two attached hydrogens (primary N) is 1. The van der Waals surface area contributed by atoms with Crippen molar-refractivity contribution in [2.75, 3.05) is 13.1 Å². The topological polar surface area (TPSA) is 55.1 Å². The lowest BCUT2D eigenvalue weighted by Crippen LogP contribution is -2.33. The van der Waals surface area contributed by atoms with E-state index in [-0.39, 0.29) is 11.8 Å². The average Bonchev–Trinajstić information content (AvgIpc) is 2.10. The molecule has 0 aliphatic rings. The van der Waals surface area contributed by atoms with E-state index in [1.807, 2.05) is 0 Å². The predicted octanol–water partition coefficient (Wildman–Crippen LogP) is 0.111. The molecule has 0 aromatic heterocycles. The van der Waals surface area contributed by atoms with Gasteiger partial charge in [-0.3, -0.25) is 4.79 Å². The molecule has 0 rings (SSSR count). The number of hydrogen-bond acceptors (Lipinski definition) is 2. The summed E-state index contributed by atoms with van der Waals surface area (Å²) in [4.78, 5) is 11.1. The molecule has 1 atom stereocenters. The smallest absolute Gasteiger partial charge is 0.224 e. The van der Waals surface area contributed by atoms with Crippen LogP contribution in [-0.4, -0.2) is 19.0 Å². The standard InChI is InChI=1S/C9H16N2O/c1-3-4-5-6-11-9(12)8(2)7-10/h1,8H,4-7,10H2,2H3,(H,11,12). The van der Waals surface area contributed by atoms with Gasteiger partial charge in [0.05, 0.1) is 0 Å². The third-order valence-corrected chi connectivity index (χ3v) is 1.60. The minimum atomic E-state index is -0.101. The third kappa shape index (κ3) is 4.75. The number of carbonyl (C=O) groups excluding carboxylic acids is 1. The summed E-state index contributed by atoms with van der Waals surface area (Å²) in [6.07, 6.45) is 6.59. The Morgan fingerprint density at radius 1 is 1.75 bits per heavy atom. The van der Waals surface area contributed by atoms with Crippen LogP contribution in [0, 0.1) is 18.3 Å². The van der Waals surface area contributed by atoms with Gasteiger partial charge in [-0.15, -0.1) is 12.3 Å². The first kappa shape index (κ1) is 11.0. The van der Waals surface area contributed by atoms with E-state index in [9.17, 15) is 4.79 Å². The molecule has 0 aliphatic heterocycles. The van der Waals surface area contributed by atoms with E-state index in [4.69, 9.17) is 12.2 Å².